The fraction of sp³-hybridized carbons (Fsp3) is 0.909. The highest BCUT2D eigenvalue weighted by Gasteiger charge is 2.14. The minimum absolute atomic E-state index is 0.0384. The van der Waals surface area contributed by atoms with E-state index in [-0.39, 0.29) is 12.5 Å². The third-order valence-corrected chi connectivity index (χ3v) is 3.71. The first kappa shape index (κ1) is 16.4. The Balaban J connectivity index is 2.29. The van der Waals surface area contributed by atoms with Crippen LogP contribution in [0.5, 0.6) is 0 Å². The number of amides is 1. The van der Waals surface area contributed by atoms with Crippen LogP contribution in [0.1, 0.15) is 6.92 Å². The predicted molar refractivity (Wildman–Crippen MR) is 72.4 cm³/mol. The van der Waals surface area contributed by atoms with Gasteiger partial charge in [-0.1, -0.05) is 0 Å². The summed E-state index contributed by atoms with van der Waals surface area (Å²) in [5, 5.41) is 0. The second-order valence-corrected chi connectivity index (χ2v) is 6.46. The van der Waals surface area contributed by atoms with Gasteiger partial charge in [-0.05, 0) is 0 Å². The maximum absolute atomic E-state index is 11.5. The van der Waals surface area contributed by atoms with Crippen LogP contribution in [0.4, 0.5) is 0 Å². The molecule has 19 heavy (non-hydrogen) atoms. The van der Waals surface area contributed by atoms with E-state index in [1.165, 1.54) is 6.92 Å². The molecular weight excluding hydrogens is 270 g/mol. The molecule has 0 aromatic rings. The SMILES string of the molecule is CC(=O)N(CCNS(C)(=O)=O)CCN1CCOCC1. The molecule has 1 rings (SSSR count). The van der Waals surface area contributed by atoms with E-state index >= 15 is 0 Å². The molecule has 0 unspecified atom stereocenters. The standard InChI is InChI=1S/C11H23N3O4S/c1-11(15)14(4-3-12-19(2,16)17)6-5-13-7-9-18-10-8-13/h12H,3-10H2,1-2H3. The highest BCUT2D eigenvalue weighted by Crippen LogP contribution is 1.98. The molecule has 1 amide bonds. The van der Waals surface area contributed by atoms with Gasteiger partial charge in [0, 0.05) is 46.2 Å². The summed E-state index contributed by atoms with van der Waals surface area (Å²) >= 11 is 0. The number of sulfonamides is 1. The van der Waals surface area contributed by atoms with Crippen molar-refractivity contribution >= 4 is 15.9 Å². The first-order chi connectivity index (χ1) is 8.88. The van der Waals surface area contributed by atoms with Gasteiger partial charge in [0.15, 0.2) is 0 Å². The van der Waals surface area contributed by atoms with Crippen molar-refractivity contribution in [1.82, 2.24) is 14.5 Å². The third-order valence-electron chi connectivity index (χ3n) is 2.98. The lowest BCUT2D eigenvalue weighted by atomic mass is 10.3. The summed E-state index contributed by atoms with van der Waals surface area (Å²) in [6.45, 7) is 6.78. The first-order valence-corrected chi connectivity index (χ1v) is 8.28. The molecule has 0 saturated carbocycles. The molecule has 1 saturated heterocycles. The zero-order valence-corrected chi connectivity index (χ0v) is 12.4. The monoisotopic (exact) mass is 293 g/mol. The van der Waals surface area contributed by atoms with Gasteiger partial charge in [-0.25, -0.2) is 13.1 Å². The summed E-state index contributed by atoms with van der Waals surface area (Å²) in [5.74, 6) is -0.0384. The zero-order chi connectivity index (χ0) is 14.3. The number of carbonyl (C=O) groups is 1. The molecule has 0 radical (unpaired) electrons. The zero-order valence-electron chi connectivity index (χ0n) is 11.6. The molecule has 7 nitrogen and oxygen atoms in total. The van der Waals surface area contributed by atoms with Crippen LogP contribution in [0.2, 0.25) is 0 Å². The van der Waals surface area contributed by atoms with Crippen LogP contribution in [0, 0.1) is 0 Å². The van der Waals surface area contributed by atoms with E-state index in [0.717, 1.165) is 39.1 Å². The molecule has 1 heterocycles. The average Bonchev–Trinajstić information content (AvgIpc) is 2.33. The average molecular weight is 293 g/mol. The Morgan fingerprint density at radius 1 is 1.32 bits per heavy atom. The van der Waals surface area contributed by atoms with Gasteiger partial charge in [-0.15, -0.1) is 0 Å². The Kier molecular flexibility index (Phi) is 6.70. The van der Waals surface area contributed by atoms with Crippen molar-refractivity contribution in [3.05, 3.63) is 0 Å². The molecule has 1 fully saturated rings. The van der Waals surface area contributed by atoms with Gasteiger partial charge in [-0.3, -0.25) is 9.69 Å². The van der Waals surface area contributed by atoms with Gasteiger partial charge in [0.05, 0.1) is 19.5 Å². The molecular formula is C11H23N3O4S. The van der Waals surface area contributed by atoms with Gasteiger partial charge in [-0.2, -0.15) is 0 Å². The van der Waals surface area contributed by atoms with Crippen molar-refractivity contribution in [3.8, 4) is 0 Å². The molecule has 1 aliphatic rings. The quantitative estimate of drug-likeness (QED) is 0.632. The number of nitrogens with zero attached hydrogens (tertiary/aromatic N) is 2. The highest BCUT2D eigenvalue weighted by atomic mass is 32.2. The number of hydrogen-bond donors (Lipinski definition) is 1. The van der Waals surface area contributed by atoms with Crippen LogP contribution in [0.25, 0.3) is 0 Å². The number of carbonyl (C=O) groups excluding carboxylic acids is 1. The van der Waals surface area contributed by atoms with E-state index in [0.29, 0.717) is 13.1 Å². The Bertz CT molecular complexity index is 379. The van der Waals surface area contributed by atoms with Gasteiger partial charge >= 0.3 is 0 Å². The molecule has 0 aromatic heterocycles. The summed E-state index contributed by atoms with van der Waals surface area (Å²) in [6.07, 6.45) is 1.11. The van der Waals surface area contributed by atoms with Crippen LogP contribution >= 0.6 is 0 Å². The largest absolute Gasteiger partial charge is 0.379 e. The lowest BCUT2D eigenvalue weighted by molar-refractivity contribution is -0.129. The second kappa shape index (κ2) is 7.78. The minimum Gasteiger partial charge on any atom is -0.379 e. The summed E-state index contributed by atoms with van der Waals surface area (Å²) in [7, 11) is -3.20. The van der Waals surface area contributed by atoms with Crippen LogP contribution in [0.3, 0.4) is 0 Å². The fourth-order valence-corrected chi connectivity index (χ4v) is 2.34. The van der Waals surface area contributed by atoms with Gasteiger partial charge in [0.25, 0.3) is 0 Å². The molecule has 0 bridgehead atoms. The van der Waals surface area contributed by atoms with Gasteiger partial charge in [0.2, 0.25) is 15.9 Å². The van der Waals surface area contributed by atoms with Crippen LogP contribution in [-0.4, -0.2) is 82.9 Å². The second-order valence-electron chi connectivity index (χ2n) is 4.63. The fourth-order valence-electron chi connectivity index (χ4n) is 1.88. The van der Waals surface area contributed by atoms with E-state index in [2.05, 4.69) is 9.62 Å². The smallest absolute Gasteiger partial charge is 0.219 e. The Hall–Kier alpha value is -0.700. The number of hydrogen-bond acceptors (Lipinski definition) is 5. The molecule has 0 aliphatic carbocycles. The summed E-state index contributed by atoms with van der Waals surface area (Å²) in [6, 6.07) is 0. The summed E-state index contributed by atoms with van der Waals surface area (Å²) in [5.41, 5.74) is 0. The molecule has 0 spiro atoms. The molecule has 0 atom stereocenters. The van der Waals surface area contributed by atoms with Crippen molar-refractivity contribution in [1.29, 1.82) is 0 Å². The van der Waals surface area contributed by atoms with E-state index in [4.69, 9.17) is 4.74 Å². The maximum Gasteiger partial charge on any atom is 0.219 e. The van der Waals surface area contributed by atoms with E-state index < -0.39 is 10.0 Å². The van der Waals surface area contributed by atoms with Crippen LogP contribution in [-0.2, 0) is 19.6 Å². The lowest BCUT2D eigenvalue weighted by Gasteiger charge is -2.29. The van der Waals surface area contributed by atoms with E-state index in [9.17, 15) is 13.2 Å². The predicted octanol–water partition coefficient (Wildman–Crippen LogP) is -1.28. The topological polar surface area (TPSA) is 79.0 Å². The van der Waals surface area contributed by atoms with Gasteiger partial charge in [0.1, 0.15) is 0 Å². The van der Waals surface area contributed by atoms with Crippen LogP contribution < -0.4 is 4.72 Å². The van der Waals surface area contributed by atoms with Crippen molar-refractivity contribution in [2.75, 3.05) is 58.7 Å². The summed E-state index contributed by atoms with van der Waals surface area (Å²) in [4.78, 5) is 15.4. The number of morpholine rings is 1. The van der Waals surface area contributed by atoms with Crippen molar-refractivity contribution < 1.29 is 17.9 Å². The normalized spacial score (nSPS) is 17.4. The van der Waals surface area contributed by atoms with Crippen LogP contribution in [0.15, 0.2) is 0 Å². The molecule has 112 valence electrons. The minimum atomic E-state index is -3.20. The lowest BCUT2D eigenvalue weighted by Crippen LogP contribution is -2.44. The third kappa shape index (κ3) is 7.46. The van der Waals surface area contributed by atoms with Crippen molar-refractivity contribution in [2.45, 2.75) is 6.92 Å². The van der Waals surface area contributed by atoms with E-state index in [1.54, 1.807) is 4.90 Å². The summed E-state index contributed by atoms with van der Waals surface area (Å²) < 4.78 is 29.5. The van der Waals surface area contributed by atoms with Gasteiger partial charge < -0.3 is 9.64 Å². The number of ether oxygens (including phenoxy) is 1. The molecule has 8 heteroatoms. The first-order valence-electron chi connectivity index (χ1n) is 6.39. The van der Waals surface area contributed by atoms with E-state index in [1.807, 2.05) is 0 Å². The maximum atomic E-state index is 11.5. The number of nitrogens with one attached hydrogen (secondary N) is 1. The van der Waals surface area contributed by atoms with Crippen molar-refractivity contribution in [2.24, 2.45) is 0 Å². The Labute approximate surface area is 114 Å². The molecule has 1 aliphatic heterocycles. The number of rotatable bonds is 7. The highest BCUT2D eigenvalue weighted by molar-refractivity contribution is 7.88. The Morgan fingerprint density at radius 3 is 2.47 bits per heavy atom. The molecule has 1 N–H and O–H groups in total. The molecule has 0 aromatic carbocycles. The van der Waals surface area contributed by atoms with Crippen molar-refractivity contribution in [3.63, 3.8) is 0 Å². The Morgan fingerprint density at radius 2 is 1.95 bits per heavy atom.